The first-order valence-electron chi connectivity index (χ1n) is 35.0. The van der Waals surface area contributed by atoms with E-state index >= 15 is 0 Å². The van der Waals surface area contributed by atoms with E-state index in [0.717, 1.165) is 108 Å². The van der Waals surface area contributed by atoms with Crippen LogP contribution in [0.2, 0.25) is 0 Å². The van der Waals surface area contributed by atoms with Crippen LogP contribution >= 0.6 is 15.6 Å². The fraction of sp³-hybridized carbons (Fsp3) is 0.940. The van der Waals surface area contributed by atoms with Crippen molar-refractivity contribution < 1.29 is 80.2 Å². The average Bonchev–Trinajstić information content (AvgIpc) is 3.46. The molecule has 0 bridgehead atoms. The predicted molar refractivity (Wildman–Crippen MR) is 345 cm³/mol. The van der Waals surface area contributed by atoms with Gasteiger partial charge in [-0.2, -0.15) is 0 Å². The number of esters is 4. The Morgan fingerprint density at radius 3 is 0.791 bits per heavy atom. The minimum Gasteiger partial charge on any atom is -0.462 e. The second-order valence-electron chi connectivity index (χ2n) is 25.2. The number of carbonyl (C=O) groups excluding carboxylic acids is 4. The van der Waals surface area contributed by atoms with Crippen LogP contribution in [0.5, 0.6) is 0 Å². The van der Waals surface area contributed by atoms with E-state index in [-0.39, 0.29) is 25.7 Å². The molecule has 0 saturated heterocycles. The number of phosphoric ester groups is 2. The molecule has 0 aliphatic carbocycles. The van der Waals surface area contributed by atoms with E-state index in [0.29, 0.717) is 25.7 Å². The van der Waals surface area contributed by atoms with Crippen molar-refractivity contribution in [3.63, 3.8) is 0 Å². The van der Waals surface area contributed by atoms with Gasteiger partial charge in [0.05, 0.1) is 26.4 Å². The van der Waals surface area contributed by atoms with Crippen LogP contribution in [-0.4, -0.2) is 96.7 Å². The summed E-state index contributed by atoms with van der Waals surface area (Å²) in [6.07, 6.45) is 43.1. The lowest BCUT2D eigenvalue weighted by Gasteiger charge is -2.21. The lowest BCUT2D eigenvalue weighted by Crippen LogP contribution is -2.30. The Balaban J connectivity index is 5.23. The van der Waals surface area contributed by atoms with Crippen LogP contribution in [-0.2, 0) is 65.4 Å². The van der Waals surface area contributed by atoms with E-state index in [9.17, 15) is 43.2 Å². The van der Waals surface area contributed by atoms with Crippen molar-refractivity contribution in [2.45, 2.75) is 355 Å². The van der Waals surface area contributed by atoms with Crippen LogP contribution in [0.4, 0.5) is 0 Å². The normalized spacial score (nSPS) is 14.2. The van der Waals surface area contributed by atoms with Gasteiger partial charge in [-0.1, -0.05) is 286 Å². The molecule has 0 radical (unpaired) electrons. The molecule has 0 fully saturated rings. The third-order valence-electron chi connectivity index (χ3n) is 15.5. The third-order valence-corrected chi connectivity index (χ3v) is 17.4. The maximum absolute atomic E-state index is 13.0. The van der Waals surface area contributed by atoms with Gasteiger partial charge in [-0.25, -0.2) is 9.13 Å². The van der Waals surface area contributed by atoms with E-state index in [1.54, 1.807) is 0 Å². The second kappa shape index (κ2) is 59.4. The van der Waals surface area contributed by atoms with E-state index in [1.165, 1.54) is 148 Å². The quantitative estimate of drug-likeness (QED) is 0.0222. The number of hydrogen-bond donors (Lipinski definition) is 3. The molecule has 0 spiro atoms. The van der Waals surface area contributed by atoms with Gasteiger partial charge in [0.25, 0.3) is 0 Å². The lowest BCUT2D eigenvalue weighted by atomic mass is 10.0. The molecule has 0 aromatic carbocycles. The molecule has 0 rings (SSSR count). The number of aliphatic hydroxyl groups excluding tert-OH is 1. The van der Waals surface area contributed by atoms with Gasteiger partial charge in [0.2, 0.25) is 0 Å². The highest BCUT2D eigenvalue weighted by atomic mass is 31.2. The Morgan fingerprint density at radius 1 is 0.314 bits per heavy atom. The monoisotopic (exact) mass is 1270 g/mol. The first-order valence-corrected chi connectivity index (χ1v) is 38.0. The molecule has 17 nitrogen and oxygen atoms in total. The van der Waals surface area contributed by atoms with Crippen LogP contribution in [0.1, 0.15) is 337 Å². The molecule has 5 atom stereocenters. The molecular formula is C67H130O17P2. The molecule has 0 aliphatic rings. The van der Waals surface area contributed by atoms with Gasteiger partial charge in [-0.15, -0.1) is 0 Å². The highest BCUT2D eigenvalue weighted by Crippen LogP contribution is 2.45. The van der Waals surface area contributed by atoms with Crippen LogP contribution in [0.25, 0.3) is 0 Å². The molecule has 0 heterocycles. The Hall–Kier alpha value is -1.94. The van der Waals surface area contributed by atoms with E-state index in [1.807, 2.05) is 0 Å². The summed E-state index contributed by atoms with van der Waals surface area (Å²) in [5.74, 6) is -0.669. The van der Waals surface area contributed by atoms with Crippen LogP contribution < -0.4 is 0 Å². The highest BCUT2D eigenvalue weighted by Gasteiger charge is 2.30. The minimum atomic E-state index is -4.95. The fourth-order valence-corrected chi connectivity index (χ4v) is 11.6. The number of unbranched alkanes of at least 4 members (excludes halogenated alkanes) is 36. The number of rotatable bonds is 66. The molecular weight excluding hydrogens is 1140 g/mol. The summed E-state index contributed by atoms with van der Waals surface area (Å²) in [6.45, 7) is 9.44. The van der Waals surface area contributed by atoms with Gasteiger partial charge in [0.1, 0.15) is 19.3 Å². The summed E-state index contributed by atoms with van der Waals surface area (Å²) >= 11 is 0. The topological polar surface area (TPSA) is 237 Å². The zero-order valence-electron chi connectivity index (χ0n) is 55.6. The largest absolute Gasteiger partial charge is 0.472 e. The summed E-state index contributed by atoms with van der Waals surface area (Å²) in [5.41, 5.74) is 0. The Kier molecular flexibility index (Phi) is 58.0. The summed E-state index contributed by atoms with van der Waals surface area (Å²) in [4.78, 5) is 72.3. The van der Waals surface area contributed by atoms with Crippen molar-refractivity contribution in [1.29, 1.82) is 0 Å². The van der Waals surface area contributed by atoms with Crippen molar-refractivity contribution in [3.05, 3.63) is 0 Å². The Morgan fingerprint density at radius 2 is 0.535 bits per heavy atom. The Labute approximate surface area is 524 Å². The van der Waals surface area contributed by atoms with Crippen LogP contribution in [0.3, 0.4) is 0 Å². The SMILES string of the molecule is CCCCCCCCCCCCCCCCCC(=O)O[C@H](COC(=O)CCCCCCCCCCCC(C)C)COP(=O)(O)OC[C@@H](O)COP(=O)(O)OC[C@@H](COC(=O)CCCCCCCCCC)OC(=O)CCCCCCCCCCC(C)C. The number of ether oxygens (including phenoxy) is 4. The zero-order valence-corrected chi connectivity index (χ0v) is 57.4. The van der Waals surface area contributed by atoms with Crippen molar-refractivity contribution in [2.75, 3.05) is 39.6 Å². The molecule has 0 aromatic heterocycles. The molecule has 86 heavy (non-hydrogen) atoms. The minimum absolute atomic E-state index is 0.104. The number of carbonyl (C=O) groups is 4. The standard InChI is InChI=1S/C67H130O17P2/c1-7-9-11-13-15-17-18-19-20-21-22-25-33-39-45-51-66(71)83-63(56-78-65(70)50-44-38-32-26-23-24-29-35-41-47-59(3)4)58-82-86(75,76)80-54-61(68)53-79-85(73,74)81-57-62(55-77-64(69)49-43-37-31-16-14-12-10-8-2)84-67(72)52-46-40-34-28-27-30-36-42-48-60(5)6/h59-63,68H,7-58H2,1-6H3,(H,73,74)(H,75,76)/t61-,62+,63+/m0/s1. The number of aliphatic hydroxyl groups is 1. The number of phosphoric acid groups is 2. The molecule has 0 amide bonds. The first kappa shape index (κ1) is 84.1. The smallest absolute Gasteiger partial charge is 0.462 e. The van der Waals surface area contributed by atoms with Crippen LogP contribution in [0, 0.1) is 11.8 Å². The van der Waals surface area contributed by atoms with Crippen molar-refractivity contribution in [2.24, 2.45) is 11.8 Å². The van der Waals surface area contributed by atoms with E-state index < -0.39 is 97.5 Å². The van der Waals surface area contributed by atoms with Crippen LogP contribution in [0.15, 0.2) is 0 Å². The fourth-order valence-electron chi connectivity index (χ4n) is 10.1. The Bertz CT molecular complexity index is 1680. The van der Waals surface area contributed by atoms with Gasteiger partial charge in [0.15, 0.2) is 12.2 Å². The van der Waals surface area contributed by atoms with E-state index in [2.05, 4.69) is 41.5 Å². The second-order valence-corrected chi connectivity index (χ2v) is 28.1. The van der Waals surface area contributed by atoms with E-state index in [4.69, 9.17) is 37.0 Å². The zero-order chi connectivity index (χ0) is 63.6. The van der Waals surface area contributed by atoms with Crippen molar-refractivity contribution >= 4 is 39.5 Å². The van der Waals surface area contributed by atoms with Gasteiger partial charge in [-0.05, 0) is 37.5 Å². The maximum atomic E-state index is 13.0. The van der Waals surface area contributed by atoms with Crippen molar-refractivity contribution in [1.82, 2.24) is 0 Å². The van der Waals surface area contributed by atoms with Gasteiger partial charge in [0, 0.05) is 25.7 Å². The first-order chi connectivity index (χ1) is 41.4. The van der Waals surface area contributed by atoms with Crippen molar-refractivity contribution in [3.8, 4) is 0 Å². The summed E-state index contributed by atoms with van der Waals surface area (Å²) in [5, 5.41) is 10.6. The number of hydrogen-bond acceptors (Lipinski definition) is 15. The molecule has 19 heteroatoms. The third kappa shape index (κ3) is 60.9. The predicted octanol–water partition coefficient (Wildman–Crippen LogP) is 18.8. The van der Waals surface area contributed by atoms with Gasteiger partial charge >= 0.3 is 39.5 Å². The molecule has 0 aromatic rings. The summed E-state index contributed by atoms with van der Waals surface area (Å²) < 4.78 is 68.1. The maximum Gasteiger partial charge on any atom is 0.472 e. The molecule has 510 valence electrons. The molecule has 0 saturated carbocycles. The lowest BCUT2D eigenvalue weighted by molar-refractivity contribution is -0.161. The van der Waals surface area contributed by atoms with Gasteiger partial charge < -0.3 is 33.8 Å². The molecule has 2 unspecified atom stereocenters. The summed E-state index contributed by atoms with van der Waals surface area (Å²) in [6, 6.07) is 0. The highest BCUT2D eigenvalue weighted by molar-refractivity contribution is 7.47. The molecule has 3 N–H and O–H groups in total. The average molecular weight is 1270 g/mol. The summed E-state index contributed by atoms with van der Waals surface area (Å²) in [7, 11) is -9.89. The molecule has 0 aliphatic heterocycles. The van der Waals surface area contributed by atoms with Gasteiger partial charge in [-0.3, -0.25) is 37.3 Å².